The van der Waals surface area contributed by atoms with E-state index >= 15 is 0 Å². The number of allylic oxidation sites excluding steroid dienone is 1. The van der Waals surface area contributed by atoms with E-state index in [2.05, 4.69) is 38.4 Å². The van der Waals surface area contributed by atoms with Gasteiger partial charge in [0.15, 0.2) is 11.5 Å². The predicted octanol–water partition coefficient (Wildman–Crippen LogP) is 3.88. The molecular weight excluding hydrogens is 324 g/mol. The lowest BCUT2D eigenvalue weighted by Gasteiger charge is -2.12. The minimum absolute atomic E-state index is 0.218. The molecule has 0 fully saturated rings. The molecule has 0 aliphatic rings. The molecule has 0 spiro atoms. The van der Waals surface area contributed by atoms with Crippen molar-refractivity contribution in [1.82, 2.24) is 0 Å². The normalized spacial score (nSPS) is 10.1. The van der Waals surface area contributed by atoms with Gasteiger partial charge in [0.2, 0.25) is 3.92 Å². The van der Waals surface area contributed by atoms with Crippen LogP contribution in [0.4, 0.5) is 0 Å². The zero-order chi connectivity index (χ0) is 11.3. The second-order valence-electron chi connectivity index (χ2n) is 2.86. The molecule has 0 unspecified atom stereocenters. The number of halogens is 2. The van der Waals surface area contributed by atoms with Crippen LogP contribution >= 0.6 is 31.9 Å². The van der Waals surface area contributed by atoms with Gasteiger partial charge in [0.1, 0.15) is 0 Å². The zero-order valence-electron chi connectivity index (χ0n) is 8.37. The van der Waals surface area contributed by atoms with Crippen molar-refractivity contribution in [3.63, 3.8) is 0 Å². The first-order chi connectivity index (χ1) is 7.17. The van der Waals surface area contributed by atoms with Gasteiger partial charge in [-0.1, -0.05) is 12.1 Å². The molecule has 2 nitrogen and oxygen atoms in total. The van der Waals surface area contributed by atoms with Crippen LogP contribution in [0.25, 0.3) is 0 Å². The molecule has 0 bridgehead atoms. The Balaban J connectivity index is 2.92. The lowest BCUT2D eigenvalue weighted by Crippen LogP contribution is -2.00. The molecule has 15 heavy (non-hydrogen) atoms. The highest BCUT2D eigenvalue weighted by Gasteiger charge is 2.07. The molecule has 1 aromatic carbocycles. The summed E-state index contributed by atoms with van der Waals surface area (Å²) in [6.45, 7) is 3.70. The van der Waals surface area contributed by atoms with E-state index < -0.39 is 0 Å². The number of methoxy groups -OCH3 is 1. The standard InChI is InChI=1S/C11H12Br2O2/c1-3-4-8-5-6-9(15-11(12)13)10(7-8)14-2/h3,5-7,11H,1,4H2,2H3. The van der Waals surface area contributed by atoms with Crippen LogP contribution in [0.2, 0.25) is 0 Å². The van der Waals surface area contributed by atoms with E-state index in [0.29, 0.717) is 5.75 Å². The van der Waals surface area contributed by atoms with Crippen molar-refractivity contribution in [3.05, 3.63) is 36.4 Å². The van der Waals surface area contributed by atoms with Crippen molar-refractivity contribution in [2.75, 3.05) is 7.11 Å². The Morgan fingerprint density at radius 3 is 2.67 bits per heavy atom. The molecular formula is C11H12Br2O2. The van der Waals surface area contributed by atoms with Crippen LogP contribution in [0.1, 0.15) is 5.56 Å². The molecule has 1 rings (SSSR count). The summed E-state index contributed by atoms with van der Waals surface area (Å²) in [6.07, 6.45) is 2.68. The smallest absolute Gasteiger partial charge is 0.207 e. The average molecular weight is 336 g/mol. The summed E-state index contributed by atoms with van der Waals surface area (Å²) in [5.41, 5.74) is 1.15. The van der Waals surface area contributed by atoms with Crippen LogP contribution in [0, 0.1) is 0 Å². The summed E-state index contributed by atoms with van der Waals surface area (Å²) in [5.74, 6) is 1.42. The maximum atomic E-state index is 5.45. The van der Waals surface area contributed by atoms with E-state index in [-0.39, 0.29) is 3.92 Å². The van der Waals surface area contributed by atoms with Crippen LogP contribution in [0.3, 0.4) is 0 Å². The van der Waals surface area contributed by atoms with E-state index in [1.165, 1.54) is 0 Å². The van der Waals surface area contributed by atoms with Crippen LogP contribution in [0.15, 0.2) is 30.9 Å². The lowest BCUT2D eigenvalue weighted by molar-refractivity contribution is 0.334. The number of hydrogen-bond donors (Lipinski definition) is 0. The SMILES string of the molecule is C=CCc1ccc(OC(Br)Br)c(OC)c1. The fraction of sp³-hybridized carbons (Fsp3) is 0.273. The molecule has 0 aliphatic carbocycles. The van der Waals surface area contributed by atoms with Crippen LogP contribution in [-0.4, -0.2) is 11.0 Å². The fourth-order valence-electron chi connectivity index (χ4n) is 1.20. The quantitative estimate of drug-likeness (QED) is 0.600. The Kier molecular flexibility index (Phi) is 5.19. The van der Waals surface area contributed by atoms with Gasteiger partial charge >= 0.3 is 0 Å². The minimum atomic E-state index is -0.218. The third-order valence-electron chi connectivity index (χ3n) is 1.82. The highest BCUT2D eigenvalue weighted by Crippen LogP contribution is 2.31. The van der Waals surface area contributed by atoms with Gasteiger partial charge in [-0.25, -0.2) is 0 Å². The molecule has 4 heteroatoms. The molecule has 0 saturated carbocycles. The number of rotatable bonds is 5. The topological polar surface area (TPSA) is 18.5 Å². The largest absolute Gasteiger partial charge is 0.493 e. The molecule has 0 aliphatic heterocycles. The maximum absolute atomic E-state index is 5.45. The monoisotopic (exact) mass is 334 g/mol. The van der Waals surface area contributed by atoms with Crippen molar-refractivity contribution < 1.29 is 9.47 Å². The second-order valence-corrected chi connectivity index (χ2v) is 5.75. The van der Waals surface area contributed by atoms with Crippen LogP contribution < -0.4 is 9.47 Å². The van der Waals surface area contributed by atoms with Gasteiger partial charge < -0.3 is 9.47 Å². The Hall–Kier alpha value is -0.480. The molecule has 0 radical (unpaired) electrons. The summed E-state index contributed by atoms with van der Waals surface area (Å²) in [4.78, 5) is 0. The third kappa shape index (κ3) is 3.87. The Labute approximate surface area is 107 Å². The molecule has 1 aromatic rings. The molecule has 0 heterocycles. The van der Waals surface area contributed by atoms with E-state index in [0.717, 1.165) is 17.7 Å². The van der Waals surface area contributed by atoms with Crippen molar-refractivity contribution in [3.8, 4) is 11.5 Å². The van der Waals surface area contributed by atoms with Crippen LogP contribution in [0.5, 0.6) is 11.5 Å². The van der Waals surface area contributed by atoms with Gasteiger partial charge in [-0.3, -0.25) is 0 Å². The summed E-state index contributed by atoms with van der Waals surface area (Å²) < 4.78 is 10.5. The first kappa shape index (κ1) is 12.6. The molecule has 0 atom stereocenters. The summed E-state index contributed by atoms with van der Waals surface area (Å²) >= 11 is 6.49. The average Bonchev–Trinajstić information content (AvgIpc) is 2.20. The van der Waals surface area contributed by atoms with E-state index in [4.69, 9.17) is 9.47 Å². The molecule has 0 saturated heterocycles. The van der Waals surface area contributed by atoms with Crippen molar-refractivity contribution >= 4 is 31.9 Å². The number of benzene rings is 1. The first-order valence-electron chi connectivity index (χ1n) is 4.40. The van der Waals surface area contributed by atoms with Crippen LogP contribution in [-0.2, 0) is 6.42 Å². The van der Waals surface area contributed by atoms with Gasteiger partial charge in [0.05, 0.1) is 7.11 Å². The van der Waals surface area contributed by atoms with E-state index in [1.54, 1.807) is 7.11 Å². The lowest BCUT2D eigenvalue weighted by atomic mass is 10.1. The van der Waals surface area contributed by atoms with Gasteiger partial charge in [-0.2, -0.15) is 0 Å². The van der Waals surface area contributed by atoms with Crippen molar-refractivity contribution in [1.29, 1.82) is 0 Å². The Morgan fingerprint density at radius 2 is 2.13 bits per heavy atom. The molecule has 0 N–H and O–H groups in total. The zero-order valence-corrected chi connectivity index (χ0v) is 11.5. The van der Waals surface area contributed by atoms with Gasteiger partial charge in [0.25, 0.3) is 0 Å². The highest BCUT2D eigenvalue weighted by atomic mass is 79.9. The summed E-state index contributed by atoms with van der Waals surface area (Å²) in [5, 5.41) is 0. The Morgan fingerprint density at radius 1 is 1.40 bits per heavy atom. The van der Waals surface area contributed by atoms with Gasteiger partial charge in [0, 0.05) is 0 Å². The van der Waals surface area contributed by atoms with Crippen molar-refractivity contribution in [2.24, 2.45) is 0 Å². The molecule has 0 amide bonds. The summed E-state index contributed by atoms with van der Waals surface area (Å²) in [7, 11) is 1.62. The van der Waals surface area contributed by atoms with E-state index in [1.807, 2.05) is 24.3 Å². The Bertz CT molecular complexity index is 337. The minimum Gasteiger partial charge on any atom is -0.493 e. The number of alkyl halides is 2. The number of hydrogen-bond acceptors (Lipinski definition) is 2. The van der Waals surface area contributed by atoms with Crippen molar-refractivity contribution in [2.45, 2.75) is 10.3 Å². The third-order valence-corrected chi connectivity index (χ3v) is 2.20. The molecule has 82 valence electrons. The number of ether oxygens (including phenoxy) is 2. The maximum Gasteiger partial charge on any atom is 0.207 e. The van der Waals surface area contributed by atoms with Gasteiger partial charge in [-0.05, 0) is 56.0 Å². The predicted molar refractivity (Wildman–Crippen MR) is 69.2 cm³/mol. The first-order valence-corrected chi connectivity index (χ1v) is 6.23. The fourth-order valence-corrected chi connectivity index (χ4v) is 1.60. The van der Waals surface area contributed by atoms with Gasteiger partial charge in [-0.15, -0.1) is 6.58 Å². The summed E-state index contributed by atoms with van der Waals surface area (Å²) in [6, 6.07) is 5.81. The molecule has 0 aromatic heterocycles. The second kappa shape index (κ2) is 6.18. The highest BCUT2D eigenvalue weighted by molar-refractivity contribution is 9.24. The van der Waals surface area contributed by atoms with E-state index in [9.17, 15) is 0 Å².